The Hall–Kier alpha value is -1.75. The number of thiazole rings is 1. The minimum Gasteiger partial charge on any atom is -0.492 e. The second-order valence-electron chi connectivity index (χ2n) is 4.25. The van der Waals surface area contributed by atoms with Crippen molar-refractivity contribution >= 4 is 22.7 Å². The van der Waals surface area contributed by atoms with Crippen molar-refractivity contribution in [2.75, 3.05) is 24.2 Å². The van der Waals surface area contributed by atoms with Crippen LogP contribution in [-0.2, 0) is 6.42 Å². The zero-order valence-corrected chi connectivity index (χ0v) is 12.1. The molecule has 2 aromatic rings. The lowest BCUT2D eigenvalue weighted by Gasteiger charge is -2.10. The molecule has 0 unspecified atom stereocenters. The van der Waals surface area contributed by atoms with Crippen molar-refractivity contribution in [2.24, 2.45) is 0 Å². The summed E-state index contributed by atoms with van der Waals surface area (Å²) < 4.78 is 5.47. The number of anilines is 2. The molecule has 0 amide bonds. The molecule has 0 bridgehead atoms. The first-order valence-electron chi connectivity index (χ1n) is 6.36. The summed E-state index contributed by atoms with van der Waals surface area (Å²) in [6.45, 7) is 5.43. The van der Waals surface area contributed by atoms with Crippen LogP contribution in [0.4, 0.5) is 11.4 Å². The topological polar surface area (TPSA) is 60.2 Å². The van der Waals surface area contributed by atoms with Gasteiger partial charge in [-0.25, -0.2) is 4.98 Å². The van der Waals surface area contributed by atoms with Crippen molar-refractivity contribution in [3.8, 4) is 5.75 Å². The van der Waals surface area contributed by atoms with Gasteiger partial charge in [0.05, 0.1) is 17.3 Å². The minimum absolute atomic E-state index is 0.617. The molecule has 0 aliphatic rings. The molecule has 5 heteroatoms. The molecule has 0 spiro atoms. The van der Waals surface area contributed by atoms with Crippen molar-refractivity contribution in [3.63, 3.8) is 0 Å². The van der Waals surface area contributed by atoms with Gasteiger partial charge in [0.25, 0.3) is 0 Å². The van der Waals surface area contributed by atoms with Crippen molar-refractivity contribution in [3.05, 3.63) is 34.3 Å². The Morgan fingerprint density at radius 1 is 1.42 bits per heavy atom. The van der Waals surface area contributed by atoms with E-state index in [-0.39, 0.29) is 0 Å². The zero-order valence-electron chi connectivity index (χ0n) is 11.3. The third-order valence-corrected chi connectivity index (χ3v) is 3.67. The summed E-state index contributed by atoms with van der Waals surface area (Å²) in [6, 6.07) is 5.76. The number of rotatable bonds is 6. The average molecular weight is 277 g/mol. The number of nitrogens with zero attached hydrogens (tertiary/aromatic N) is 1. The Kier molecular flexibility index (Phi) is 4.63. The van der Waals surface area contributed by atoms with E-state index in [1.54, 1.807) is 11.3 Å². The molecule has 0 fully saturated rings. The van der Waals surface area contributed by atoms with E-state index in [1.807, 2.05) is 32.0 Å². The summed E-state index contributed by atoms with van der Waals surface area (Å²) in [5.41, 5.74) is 8.61. The van der Waals surface area contributed by atoms with Gasteiger partial charge in [0.2, 0.25) is 0 Å². The molecule has 3 N–H and O–H groups in total. The SMILES string of the molecule is CCOc1cc(NCCc2nc(C)cs2)ccc1N. The van der Waals surface area contributed by atoms with Gasteiger partial charge in [0.1, 0.15) is 5.75 Å². The van der Waals surface area contributed by atoms with E-state index in [1.165, 1.54) is 0 Å². The summed E-state index contributed by atoms with van der Waals surface area (Å²) in [7, 11) is 0. The maximum absolute atomic E-state index is 5.84. The highest BCUT2D eigenvalue weighted by Crippen LogP contribution is 2.25. The fraction of sp³-hybridized carbons (Fsp3) is 0.357. The van der Waals surface area contributed by atoms with Gasteiger partial charge in [0.15, 0.2) is 0 Å². The van der Waals surface area contributed by atoms with Crippen LogP contribution in [0.5, 0.6) is 5.75 Å². The van der Waals surface area contributed by atoms with Crippen LogP contribution in [0, 0.1) is 6.92 Å². The molecule has 2 rings (SSSR count). The van der Waals surface area contributed by atoms with E-state index in [9.17, 15) is 0 Å². The van der Waals surface area contributed by atoms with Gasteiger partial charge in [-0.2, -0.15) is 0 Å². The van der Waals surface area contributed by atoms with E-state index in [0.29, 0.717) is 12.3 Å². The molecule has 1 heterocycles. The van der Waals surface area contributed by atoms with E-state index >= 15 is 0 Å². The Morgan fingerprint density at radius 2 is 2.26 bits per heavy atom. The summed E-state index contributed by atoms with van der Waals surface area (Å²) in [4.78, 5) is 4.44. The molecular weight excluding hydrogens is 258 g/mol. The van der Waals surface area contributed by atoms with Crippen molar-refractivity contribution in [1.82, 2.24) is 4.98 Å². The first kappa shape index (κ1) is 13.7. The fourth-order valence-electron chi connectivity index (χ4n) is 1.76. The van der Waals surface area contributed by atoms with Gasteiger partial charge < -0.3 is 15.8 Å². The highest BCUT2D eigenvalue weighted by Gasteiger charge is 2.02. The lowest BCUT2D eigenvalue weighted by Crippen LogP contribution is -2.05. The van der Waals surface area contributed by atoms with Crippen LogP contribution in [0.3, 0.4) is 0 Å². The maximum Gasteiger partial charge on any atom is 0.144 e. The molecule has 0 aliphatic heterocycles. The number of aryl methyl sites for hydroxylation is 1. The summed E-state index contributed by atoms with van der Waals surface area (Å²) >= 11 is 1.70. The van der Waals surface area contributed by atoms with Crippen LogP contribution in [-0.4, -0.2) is 18.1 Å². The number of nitrogens with two attached hydrogens (primary N) is 1. The van der Waals surface area contributed by atoms with Crippen molar-refractivity contribution in [2.45, 2.75) is 20.3 Å². The highest BCUT2D eigenvalue weighted by molar-refractivity contribution is 7.09. The van der Waals surface area contributed by atoms with Gasteiger partial charge in [-0.3, -0.25) is 0 Å². The van der Waals surface area contributed by atoms with Crippen LogP contribution in [0.1, 0.15) is 17.6 Å². The van der Waals surface area contributed by atoms with E-state index in [0.717, 1.165) is 35.1 Å². The molecule has 0 aliphatic carbocycles. The molecule has 102 valence electrons. The molecule has 0 atom stereocenters. The number of nitrogen functional groups attached to an aromatic ring is 1. The molecule has 19 heavy (non-hydrogen) atoms. The molecular formula is C14H19N3OS. The lowest BCUT2D eigenvalue weighted by atomic mass is 10.2. The highest BCUT2D eigenvalue weighted by atomic mass is 32.1. The number of benzene rings is 1. The van der Waals surface area contributed by atoms with Crippen LogP contribution < -0.4 is 15.8 Å². The Labute approximate surface area is 117 Å². The second kappa shape index (κ2) is 6.43. The lowest BCUT2D eigenvalue weighted by molar-refractivity contribution is 0.342. The number of nitrogens with one attached hydrogen (secondary N) is 1. The standard InChI is InChI=1S/C14H19N3OS/c1-3-18-13-8-11(4-5-12(13)15)16-7-6-14-17-10(2)9-19-14/h4-5,8-9,16H,3,6-7,15H2,1-2H3. The first-order chi connectivity index (χ1) is 9.19. The summed E-state index contributed by atoms with van der Waals surface area (Å²) in [6.07, 6.45) is 0.923. The van der Waals surface area contributed by atoms with Crippen LogP contribution in [0.2, 0.25) is 0 Å². The van der Waals surface area contributed by atoms with Gasteiger partial charge in [0, 0.05) is 35.8 Å². The van der Waals surface area contributed by atoms with Crippen molar-refractivity contribution < 1.29 is 4.74 Å². The van der Waals surface area contributed by atoms with Crippen LogP contribution in [0.25, 0.3) is 0 Å². The zero-order chi connectivity index (χ0) is 13.7. The monoisotopic (exact) mass is 277 g/mol. The molecule has 1 aromatic heterocycles. The van der Waals surface area contributed by atoms with Gasteiger partial charge in [-0.1, -0.05) is 0 Å². The normalized spacial score (nSPS) is 10.4. The number of hydrogen-bond acceptors (Lipinski definition) is 5. The molecule has 4 nitrogen and oxygen atoms in total. The number of hydrogen-bond donors (Lipinski definition) is 2. The van der Waals surface area contributed by atoms with Crippen LogP contribution >= 0.6 is 11.3 Å². The molecule has 1 aromatic carbocycles. The second-order valence-corrected chi connectivity index (χ2v) is 5.19. The number of ether oxygens (including phenoxy) is 1. The summed E-state index contributed by atoms with van der Waals surface area (Å²) in [5, 5.41) is 6.59. The van der Waals surface area contributed by atoms with Gasteiger partial charge >= 0.3 is 0 Å². The Bertz CT molecular complexity index is 539. The molecule has 0 saturated heterocycles. The maximum atomic E-state index is 5.84. The smallest absolute Gasteiger partial charge is 0.144 e. The third kappa shape index (κ3) is 3.86. The average Bonchev–Trinajstić information content (AvgIpc) is 2.79. The first-order valence-corrected chi connectivity index (χ1v) is 7.24. The van der Waals surface area contributed by atoms with Crippen LogP contribution in [0.15, 0.2) is 23.6 Å². The van der Waals surface area contributed by atoms with Gasteiger partial charge in [-0.15, -0.1) is 11.3 Å². The van der Waals surface area contributed by atoms with Gasteiger partial charge in [-0.05, 0) is 26.0 Å². The number of aromatic nitrogens is 1. The Balaban J connectivity index is 1.90. The third-order valence-electron chi connectivity index (χ3n) is 2.65. The Morgan fingerprint density at radius 3 is 2.95 bits per heavy atom. The van der Waals surface area contributed by atoms with E-state index in [2.05, 4.69) is 15.7 Å². The van der Waals surface area contributed by atoms with Crippen molar-refractivity contribution in [1.29, 1.82) is 0 Å². The molecule has 0 saturated carbocycles. The predicted octanol–water partition coefficient (Wildman–Crippen LogP) is 3.09. The predicted molar refractivity (Wildman–Crippen MR) is 81.1 cm³/mol. The summed E-state index contributed by atoms with van der Waals surface area (Å²) in [5.74, 6) is 0.734. The quantitative estimate of drug-likeness (QED) is 0.797. The van der Waals surface area contributed by atoms with E-state index in [4.69, 9.17) is 10.5 Å². The minimum atomic E-state index is 0.617. The fourth-order valence-corrected chi connectivity index (χ4v) is 2.53. The molecule has 0 radical (unpaired) electrons. The van der Waals surface area contributed by atoms with E-state index < -0.39 is 0 Å². The largest absolute Gasteiger partial charge is 0.492 e.